The molecule has 2 rings (SSSR count). The molecule has 1 aliphatic rings. The molecule has 0 aromatic heterocycles. The van der Waals surface area contributed by atoms with Gasteiger partial charge >= 0.3 is 0 Å². The number of rotatable bonds is 9. The zero-order valence-corrected chi connectivity index (χ0v) is 20.1. The fourth-order valence-electron chi connectivity index (χ4n) is 4.02. The molecule has 0 saturated carbocycles. The summed E-state index contributed by atoms with van der Waals surface area (Å²) in [4.78, 5) is 0. The summed E-state index contributed by atoms with van der Waals surface area (Å²) >= 11 is 0. The molecule has 1 aromatic carbocycles. The SMILES string of the molecule is CCCCCC(C)(CCCCC)c1ccc2c(c1)OCCOCCOCCOCCO2. The lowest BCUT2D eigenvalue weighted by atomic mass is 9.74. The van der Waals surface area contributed by atoms with Crippen LogP contribution >= 0.6 is 0 Å². The van der Waals surface area contributed by atoms with Crippen molar-refractivity contribution in [2.45, 2.75) is 77.6 Å². The van der Waals surface area contributed by atoms with Gasteiger partial charge in [-0.05, 0) is 36.0 Å². The number of unbranched alkanes of at least 4 members (excludes halogenated alkanes) is 4. The van der Waals surface area contributed by atoms with Gasteiger partial charge in [-0.1, -0.05) is 65.4 Å². The molecule has 0 aliphatic carbocycles. The molecule has 0 amide bonds. The van der Waals surface area contributed by atoms with Crippen molar-refractivity contribution in [1.82, 2.24) is 0 Å². The van der Waals surface area contributed by atoms with Crippen molar-refractivity contribution in [2.75, 3.05) is 52.9 Å². The fourth-order valence-corrected chi connectivity index (χ4v) is 4.02. The average molecular weight is 437 g/mol. The standard InChI is InChI=1S/C26H44O5/c1-4-6-8-12-26(3,13-9-7-5-2)23-10-11-24-25(22-23)31-21-19-29-17-15-27-14-16-28-18-20-30-24/h10-11,22H,4-9,12-21H2,1-3H3. The van der Waals surface area contributed by atoms with Gasteiger partial charge in [-0.15, -0.1) is 0 Å². The Balaban J connectivity index is 2.15. The van der Waals surface area contributed by atoms with E-state index in [0.29, 0.717) is 52.9 Å². The highest BCUT2D eigenvalue weighted by molar-refractivity contribution is 5.45. The largest absolute Gasteiger partial charge is 0.487 e. The molecule has 178 valence electrons. The smallest absolute Gasteiger partial charge is 0.161 e. The Morgan fingerprint density at radius 3 is 1.65 bits per heavy atom. The van der Waals surface area contributed by atoms with E-state index in [9.17, 15) is 0 Å². The minimum Gasteiger partial charge on any atom is -0.487 e. The van der Waals surface area contributed by atoms with Gasteiger partial charge in [0.2, 0.25) is 0 Å². The summed E-state index contributed by atoms with van der Waals surface area (Å²) in [6.45, 7) is 11.3. The second-order valence-corrected chi connectivity index (χ2v) is 8.67. The summed E-state index contributed by atoms with van der Waals surface area (Å²) in [5.41, 5.74) is 1.52. The monoisotopic (exact) mass is 436 g/mol. The van der Waals surface area contributed by atoms with E-state index in [2.05, 4.69) is 39.0 Å². The summed E-state index contributed by atoms with van der Waals surface area (Å²) < 4.78 is 28.8. The molecule has 31 heavy (non-hydrogen) atoms. The number of benzene rings is 1. The molecule has 0 saturated heterocycles. The zero-order chi connectivity index (χ0) is 22.2. The molecular weight excluding hydrogens is 392 g/mol. The minimum absolute atomic E-state index is 0.163. The Morgan fingerprint density at radius 1 is 0.645 bits per heavy atom. The number of hydrogen-bond donors (Lipinski definition) is 0. The summed E-state index contributed by atoms with van der Waals surface area (Å²) in [5.74, 6) is 1.59. The van der Waals surface area contributed by atoms with Crippen LogP contribution in [0, 0.1) is 0 Å². The van der Waals surface area contributed by atoms with Crippen LogP contribution < -0.4 is 9.47 Å². The van der Waals surface area contributed by atoms with Crippen molar-refractivity contribution < 1.29 is 23.7 Å². The lowest BCUT2D eigenvalue weighted by Gasteiger charge is -2.31. The Hall–Kier alpha value is -1.30. The number of hydrogen-bond acceptors (Lipinski definition) is 5. The van der Waals surface area contributed by atoms with Gasteiger partial charge in [0.1, 0.15) is 13.2 Å². The normalized spacial score (nSPS) is 17.0. The van der Waals surface area contributed by atoms with E-state index in [0.717, 1.165) is 11.5 Å². The lowest BCUT2D eigenvalue weighted by molar-refractivity contribution is 0.00708. The van der Waals surface area contributed by atoms with Gasteiger partial charge in [-0.2, -0.15) is 0 Å². The highest BCUT2D eigenvalue weighted by Crippen LogP contribution is 2.39. The Bertz CT molecular complexity index is 579. The second-order valence-electron chi connectivity index (χ2n) is 8.67. The zero-order valence-electron chi connectivity index (χ0n) is 20.1. The molecule has 0 fully saturated rings. The van der Waals surface area contributed by atoms with Crippen molar-refractivity contribution in [3.63, 3.8) is 0 Å². The van der Waals surface area contributed by atoms with Crippen molar-refractivity contribution in [2.24, 2.45) is 0 Å². The third-order valence-electron chi connectivity index (χ3n) is 6.02. The van der Waals surface area contributed by atoms with E-state index in [4.69, 9.17) is 23.7 Å². The van der Waals surface area contributed by atoms with Crippen molar-refractivity contribution in [1.29, 1.82) is 0 Å². The van der Waals surface area contributed by atoms with Crippen molar-refractivity contribution in [3.05, 3.63) is 23.8 Å². The molecular formula is C26H44O5. The van der Waals surface area contributed by atoms with Crippen LogP contribution in [0.3, 0.4) is 0 Å². The van der Waals surface area contributed by atoms with Gasteiger partial charge in [0.05, 0.1) is 39.6 Å². The summed E-state index contributed by atoms with van der Waals surface area (Å²) in [6.07, 6.45) is 10.0. The maximum Gasteiger partial charge on any atom is 0.161 e. The van der Waals surface area contributed by atoms with E-state index in [-0.39, 0.29) is 5.41 Å². The first-order valence-electron chi connectivity index (χ1n) is 12.3. The molecule has 1 aliphatic heterocycles. The molecule has 0 spiro atoms. The highest BCUT2D eigenvalue weighted by Gasteiger charge is 2.27. The van der Waals surface area contributed by atoms with Gasteiger partial charge in [-0.25, -0.2) is 0 Å². The van der Waals surface area contributed by atoms with E-state index in [1.165, 1.54) is 56.9 Å². The molecule has 0 radical (unpaired) electrons. The Labute approximate surface area is 189 Å². The Morgan fingerprint density at radius 2 is 1.13 bits per heavy atom. The fraction of sp³-hybridized carbons (Fsp3) is 0.769. The van der Waals surface area contributed by atoms with Crippen LogP contribution in [-0.2, 0) is 19.6 Å². The van der Waals surface area contributed by atoms with Gasteiger partial charge < -0.3 is 23.7 Å². The van der Waals surface area contributed by atoms with Crippen LogP contribution in [0.5, 0.6) is 11.5 Å². The molecule has 1 heterocycles. The van der Waals surface area contributed by atoms with E-state index < -0.39 is 0 Å². The molecule has 0 unspecified atom stereocenters. The maximum atomic E-state index is 6.12. The van der Waals surface area contributed by atoms with Crippen LogP contribution in [-0.4, -0.2) is 52.9 Å². The predicted octanol–water partition coefficient (Wildman–Crippen LogP) is 5.93. The summed E-state index contributed by atoms with van der Waals surface area (Å²) in [5, 5.41) is 0. The molecule has 1 aromatic rings. The Kier molecular flexibility index (Phi) is 13.0. The quantitative estimate of drug-likeness (QED) is 0.449. The summed E-state index contributed by atoms with van der Waals surface area (Å²) in [7, 11) is 0. The van der Waals surface area contributed by atoms with E-state index in [1.807, 2.05) is 0 Å². The first-order valence-corrected chi connectivity index (χ1v) is 12.3. The third kappa shape index (κ3) is 9.80. The molecule has 5 heteroatoms. The van der Waals surface area contributed by atoms with Gasteiger partial charge in [0.25, 0.3) is 0 Å². The molecule has 0 bridgehead atoms. The minimum atomic E-state index is 0.163. The summed E-state index contributed by atoms with van der Waals surface area (Å²) in [6, 6.07) is 6.51. The highest BCUT2D eigenvalue weighted by atomic mass is 16.6. The third-order valence-corrected chi connectivity index (χ3v) is 6.02. The van der Waals surface area contributed by atoms with Gasteiger partial charge in [-0.3, -0.25) is 0 Å². The first-order chi connectivity index (χ1) is 15.2. The van der Waals surface area contributed by atoms with Crippen LogP contribution in [0.25, 0.3) is 0 Å². The van der Waals surface area contributed by atoms with Gasteiger partial charge in [0, 0.05) is 0 Å². The van der Waals surface area contributed by atoms with Crippen LogP contribution in [0.15, 0.2) is 18.2 Å². The number of fused-ring (bicyclic) bond motifs is 1. The molecule has 5 nitrogen and oxygen atoms in total. The topological polar surface area (TPSA) is 46.2 Å². The van der Waals surface area contributed by atoms with Crippen molar-refractivity contribution in [3.8, 4) is 11.5 Å². The molecule has 0 N–H and O–H groups in total. The van der Waals surface area contributed by atoms with Gasteiger partial charge in [0.15, 0.2) is 11.5 Å². The van der Waals surface area contributed by atoms with Crippen molar-refractivity contribution >= 4 is 0 Å². The first kappa shape index (κ1) is 26.0. The average Bonchev–Trinajstić information content (AvgIpc) is 2.78. The molecule has 0 atom stereocenters. The van der Waals surface area contributed by atoms with E-state index >= 15 is 0 Å². The predicted molar refractivity (Wildman–Crippen MR) is 126 cm³/mol. The second kappa shape index (κ2) is 15.5. The van der Waals surface area contributed by atoms with E-state index in [1.54, 1.807) is 0 Å². The van der Waals surface area contributed by atoms with Crippen LogP contribution in [0.2, 0.25) is 0 Å². The number of ether oxygens (including phenoxy) is 5. The van der Waals surface area contributed by atoms with Crippen LogP contribution in [0.4, 0.5) is 0 Å². The lowest BCUT2D eigenvalue weighted by Crippen LogP contribution is -2.22. The maximum absolute atomic E-state index is 6.12. The van der Waals surface area contributed by atoms with Crippen LogP contribution in [0.1, 0.15) is 77.7 Å².